The van der Waals surface area contributed by atoms with Gasteiger partial charge in [0.05, 0.1) is 12.7 Å². The number of benzene rings is 1. The maximum absolute atomic E-state index is 11.3. The average molecular weight is 214 g/mol. The van der Waals surface area contributed by atoms with Crippen LogP contribution in [0.4, 0.5) is 0 Å². The second kappa shape index (κ2) is 4.98. The van der Waals surface area contributed by atoms with Crippen LogP contribution in [0, 0.1) is 0 Å². The summed E-state index contributed by atoms with van der Waals surface area (Å²) in [5, 5.41) is 0.520. The molecule has 1 aromatic rings. The lowest BCUT2D eigenvalue weighted by atomic mass is 10.0. The Balaban J connectivity index is 3.08. The minimum atomic E-state index is -0.379. The number of rotatable bonds is 3. The molecule has 0 aromatic heterocycles. The number of esters is 1. The highest BCUT2D eigenvalue weighted by Gasteiger charge is 2.11. The Morgan fingerprint density at radius 3 is 2.86 bits per heavy atom. The third-order valence-electron chi connectivity index (χ3n) is 1.89. The molecule has 2 N–H and O–H groups in total. The normalized spacial score (nSPS) is 9.93. The number of carbonyl (C=O) groups is 1. The summed E-state index contributed by atoms with van der Waals surface area (Å²) in [6, 6.07) is 5.12. The van der Waals surface area contributed by atoms with E-state index in [-0.39, 0.29) is 5.97 Å². The molecule has 14 heavy (non-hydrogen) atoms. The van der Waals surface area contributed by atoms with Crippen molar-refractivity contribution in [3.63, 3.8) is 0 Å². The molecule has 0 aliphatic heterocycles. The van der Waals surface area contributed by atoms with Crippen LogP contribution in [-0.4, -0.2) is 19.6 Å². The van der Waals surface area contributed by atoms with E-state index in [0.717, 1.165) is 5.56 Å². The van der Waals surface area contributed by atoms with E-state index in [1.807, 2.05) is 0 Å². The van der Waals surface area contributed by atoms with Crippen molar-refractivity contribution in [2.75, 3.05) is 13.7 Å². The molecule has 3 nitrogen and oxygen atoms in total. The molecule has 0 aliphatic carbocycles. The molecule has 0 radical (unpaired) electrons. The van der Waals surface area contributed by atoms with E-state index in [9.17, 15) is 4.79 Å². The summed E-state index contributed by atoms with van der Waals surface area (Å²) in [6.45, 7) is 0.492. The van der Waals surface area contributed by atoms with Crippen molar-refractivity contribution in [2.24, 2.45) is 5.73 Å². The van der Waals surface area contributed by atoms with E-state index in [2.05, 4.69) is 4.74 Å². The van der Waals surface area contributed by atoms with Crippen LogP contribution in [0.25, 0.3) is 0 Å². The molecule has 76 valence electrons. The molecule has 0 aliphatic rings. The van der Waals surface area contributed by atoms with Crippen molar-refractivity contribution in [3.8, 4) is 0 Å². The highest BCUT2D eigenvalue weighted by molar-refractivity contribution is 6.31. The summed E-state index contributed by atoms with van der Waals surface area (Å²) < 4.78 is 4.64. The zero-order valence-corrected chi connectivity index (χ0v) is 8.67. The first-order valence-electron chi connectivity index (χ1n) is 4.26. The van der Waals surface area contributed by atoms with Crippen LogP contribution >= 0.6 is 11.6 Å². The van der Waals surface area contributed by atoms with Gasteiger partial charge in [-0.15, -0.1) is 0 Å². The van der Waals surface area contributed by atoms with Gasteiger partial charge in [0.2, 0.25) is 0 Å². The number of methoxy groups -OCH3 is 1. The number of halogens is 1. The van der Waals surface area contributed by atoms with Gasteiger partial charge in [0.1, 0.15) is 0 Å². The van der Waals surface area contributed by atoms with Crippen molar-refractivity contribution in [1.29, 1.82) is 0 Å². The van der Waals surface area contributed by atoms with Crippen LogP contribution in [0.15, 0.2) is 18.2 Å². The molecule has 0 saturated heterocycles. The zero-order valence-electron chi connectivity index (χ0n) is 7.92. The molecule has 0 fully saturated rings. The molecule has 1 aromatic carbocycles. The van der Waals surface area contributed by atoms with Crippen molar-refractivity contribution in [1.82, 2.24) is 0 Å². The monoisotopic (exact) mass is 213 g/mol. The van der Waals surface area contributed by atoms with Crippen molar-refractivity contribution >= 4 is 17.6 Å². The van der Waals surface area contributed by atoms with Gasteiger partial charge in [-0.05, 0) is 30.7 Å². The minimum absolute atomic E-state index is 0.379. The molecule has 1 rings (SSSR count). The van der Waals surface area contributed by atoms with Crippen LogP contribution in [0.3, 0.4) is 0 Å². The molecule has 4 heteroatoms. The third-order valence-corrected chi connectivity index (χ3v) is 2.13. The lowest BCUT2D eigenvalue weighted by Gasteiger charge is -2.06. The van der Waals surface area contributed by atoms with Crippen LogP contribution in [0.5, 0.6) is 0 Å². The van der Waals surface area contributed by atoms with Gasteiger partial charge in [-0.1, -0.05) is 17.7 Å². The second-order valence-electron chi connectivity index (χ2n) is 2.83. The molecule has 0 heterocycles. The fourth-order valence-electron chi connectivity index (χ4n) is 1.22. The number of ether oxygens (including phenoxy) is 1. The minimum Gasteiger partial charge on any atom is -0.465 e. The van der Waals surface area contributed by atoms with E-state index in [4.69, 9.17) is 17.3 Å². The van der Waals surface area contributed by atoms with E-state index in [0.29, 0.717) is 23.6 Å². The van der Waals surface area contributed by atoms with Crippen molar-refractivity contribution in [3.05, 3.63) is 34.3 Å². The zero-order chi connectivity index (χ0) is 10.6. The Morgan fingerprint density at radius 2 is 2.29 bits per heavy atom. The van der Waals surface area contributed by atoms with E-state index >= 15 is 0 Å². The van der Waals surface area contributed by atoms with E-state index < -0.39 is 0 Å². The Labute approximate surface area is 87.8 Å². The Morgan fingerprint density at radius 1 is 1.57 bits per heavy atom. The molecular formula is C10H12ClNO2. The first-order chi connectivity index (χ1) is 6.69. The molecular weight excluding hydrogens is 202 g/mol. The lowest BCUT2D eigenvalue weighted by Crippen LogP contribution is -2.10. The van der Waals surface area contributed by atoms with Crippen LogP contribution in [-0.2, 0) is 11.2 Å². The largest absolute Gasteiger partial charge is 0.465 e. The van der Waals surface area contributed by atoms with Crippen molar-refractivity contribution in [2.45, 2.75) is 6.42 Å². The maximum atomic E-state index is 11.3. The number of hydrogen-bond donors (Lipinski definition) is 1. The summed E-state index contributed by atoms with van der Waals surface area (Å²) in [4.78, 5) is 11.3. The predicted molar refractivity (Wildman–Crippen MR) is 55.5 cm³/mol. The van der Waals surface area contributed by atoms with Gasteiger partial charge in [-0.3, -0.25) is 0 Å². The Hall–Kier alpha value is -1.06. The van der Waals surface area contributed by atoms with Crippen molar-refractivity contribution < 1.29 is 9.53 Å². The number of carbonyl (C=O) groups excluding carboxylic acids is 1. The molecule has 0 unspecified atom stereocenters. The number of nitrogens with two attached hydrogens (primary N) is 1. The summed E-state index contributed by atoms with van der Waals surface area (Å²) >= 11 is 5.78. The van der Waals surface area contributed by atoms with E-state index in [1.54, 1.807) is 18.2 Å². The average Bonchev–Trinajstić information content (AvgIpc) is 2.20. The third kappa shape index (κ3) is 2.47. The smallest absolute Gasteiger partial charge is 0.338 e. The maximum Gasteiger partial charge on any atom is 0.338 e. The Bertz CT molecular complexity index is 339. The molecule has 0 atom stereocenters. The van der Waals surface area contributed by atoms with E-state index in [1.165, 1.54) is 7.11 Å². The summed E-state index contributed by atoms with van der Waals surface area (Å²) in [6.07, 6.45) is 0.640. The highest BCUT2D eigenvalue weighted by atomic mass is 35.5. The molecule has 0 spiro atoms. The quantitative estimate of drug-likeness (QED) is 0.777. The first kappa shape index (κ1) is 11.0. The standard InChI is InChI=1S/C10H12ClNO2/c1-14-10(13)9-6-8(11)3-2-7(9)4-5-12/h2-3,6H,4-5,12H2,1H3. The first-order valence-corrected chi connectivity index (χ1v) is 4.63. The van der Waals surface area contributed by atoms with Crippen LogP contribution in [0.1, 0.15) is 15.9 Å². The summed E-state index contributed by atoms with van der Waals surface area (Å²) in [5.41, 5.74) is 6.78. The summed E-state index contributed by atoms with van der Waals surface area (Å²) in [5.74, 6) is -0.379. The predicted octanol–water partition coefficient (Wildman–Crippen LogP) is 1.63. The second-order valence-corrected chi connectivity index (χ2v) is 3.27. The van der Waals surface area contributed by atoms with Crippen LogP contribution < -0.4 is 5.73 Å². The highest BCUT2D eigenvalue weighted by Crippen LogP contribution is 2.17. The Kier molecular flexibility index (Phi) is 3.92. The fourth-order valence-corrected chi connectivity index (χ4v) is 1.39. The topological polar surface area (TPSA) is 52.3 Å². The van der Waals surface area contributed by atoms with Crippen LogP contribution in [0.2, 0.25) is 5.02 Å². The number of hydrogen-bond acceptors (Lipinski definition) is 3. The molecule has 0 bridgehead atoms. The molecule has 0 amide bonds. The fraction of sp³-hybridized carbons (Fsp3) is 0.300. The summed E-state index contributed by atoms with van der Waals surface area (Å²) in [7, 11) is 1.34. The van der Waals surface area contributed by atoms with Gasteiger partial charge in [-0.25, -0.2) is 4.79 Å². The van der Waals surface area contributed by atoms with Gasteiger partial charge < -0.3 is 10.5 Å². The van der Waals surface area contributed by atoms with Gasteiger partial charge in [0.25, 0.3) is 0 Å². The van der Waals surface area contributed by atoms with Gasteiger partial charge >= 0.3 is 5.97 Å². The van der Waals surface area contributed by atoms with Gasteiger partial charge in [0.15, 0.2) is 0 Å². The lowest BCUT2D eigenvalue weighted by molar-refractivity contribution is 0.0599. The SMILES string of the molecule is COC(=O)c1cc(Cl)ccc1CCN. The van der Waals surface area contributed by atoms with Gasteiger partial charge in [-0.2, -0.15) is 0 Å². The molecule has 0 saturated carbocycles. The van der Waals surface area contributed by atoms with Gasteiger partial charge in [0, 0.05) is 5.02 Å².